The second kappa shape index (κ2) is 11.9. The predicted octanol–water partition coefficient (Wildman–Crippen LogP) is 5.50. The number of hydrogen-bond acceptors (Lipinski definition) is 5. The highest BCUT2D eigenvalue weighted by molar-refractivity contribution is 6.04. The number of imidazole rings is 1. The fourth-order valence-corrected chi connectivity index (χ4v) is 5.31. The van der Waals surface area contributed by atoms with Crippen LogP contribution in [0.5, 0.6) is 0 Å². The van der Waals surface area contributed by atoms with Crippen LogP contribution in [-0.2, 0) is 5.41 Å². The summed E-state index contributed by atoms with van der Waals surface area (Å²) in [7, 11) is 2.08. The van der Waals surface area contributed by atoms with Gasteiger partial charge in [-0.2, -0.15) is 4.40 Å². The number of aromatic amines is 1. The first-order valence-electron chi connectivity index (χ1n) is 14.9. The van der Waals surface area contributed by atoms with Gasteiger partial charge >= 0.3 is 5.65 Å². The van der Waals surface area contributed by atoms with Gasteiger partial charge in [-0.25, -0.2) is 9.97 Å². The molecule has 2 amide bonds. The number of hydrogen-bond donors (Lipinski definition) is 3. The van der Waals surface area contributed by atoms with Gasteiger partial charge in [-0.15, -0.1) is 0 Å². The van der Waals surface area contributed by atoms with E-state index in [-0.39, 0.29) is 17.2 Å². The summed E-state index contributed by atoms with van der Waals surface area (Å²) in [6.45, 7) is 9.71. The van der Waals surface area contributed by atoms with Gasteiger partial charge in [0.05, 0.1) is 0 Å². The molecule has 6 rings (SSSR count). The fourth-order valence-electron chi connectivity index (χ4n) is 5.31. The number of H-pyrrole nitrogens is 1. The summed E-state index contributed by atoms with van der Waals surface area (Å²) in [5, 5.41) is 6.44. The molecule has 3 aromatic carbocycles. The average molecular weight is 589 g/mol. The lowest BCUT2D eigenvalue weighted by Crippen LogP contribution is -2.47. The Hall–Kier alpha value is -5.02. The number of nitrogens with zero attached hydrogens (tertiary/aromatic N) is 4. The molecule has 3 N–H and O–H groups in total. The normalized spacial score (nSPS) is 14.0. The molecule has 0 radical (unpaired) electrons. The van der Waals surface area contributed by atoms with Gasteiger partial charge in [-0.3, -0.25) is 9.59 Å². The van der Waals surface area contributed by atoms with E-state index in [0.29, 0.717) is 22.6 Å². The number of likely N-dealkylation sites (N-methyl/N-ethyl adjacent to an activating group) is 1. The second-order valence-electron chi connectivity index (χ2n) is 12.4. The van der Waals surface area contributed by atoms with Crippen LogP contribution in [0.4, 0.5) is 17.2 Å². The Balaban J connectivity index is 1.20. The third-order valence-electron chi connectivity index (χ3n) is 8.05. The molecule has 1 aliphatic heterocycles. The van der Waals surface area contributed by atoms with Gasteiger partial charge in [0.15, 0.2) is 0 Å². The standard InChI is InChI=1S/C35H37N7O2/c1-35(2,3)27-12-8-24(9-13-27)33(43)38-29-7-5-6-26(22-29)30-23-42-17-16-36-32(42)31(39-30)37-28-14-10-25(11-15-28)34(44)41-20-18-40(4)19-21-41/h5-17,22-23H,18-21H2,1-4H3,(H2,37,38,39,43,44)/p+1. The molecule has 3 heterocycles. The number of aromatic nitrogens is 3. The smallest absolute Gasteiger partial charge is 0.327 e. The molecule has 0 atom stereocenters. The van der Waals surface area contributed by atoms with Gasteiger partial charge in [0.2, 0.25) is 5.82 Å². The summed E-state index contributed by atoms with van der Waals surface area (Å²) >= 11 is 0. The van der Waals surface area contributed by atoms with Crippen LogP contribution in [0.15, 0.2) is 91.4 Å². The van der Waals surface area contributed by atoms with Gasteiger partial charge in [-0.05, 0) is 66.6 Å². The van der Waals surface area contributed by atoms with E-state index in [1.54, 1.807) is 0 Å². The zero-order chi connectivity index (χ0) is 30.8. The highest BCUT2D eigenvalue weighted by Crippen LogP contribution is 2.26. The van der Waals surface area contributed by atoms with Crippen molar-refractivity contribution in [2.75, 3.05) is 43.9 Å². The first-order valence-corrected chi connectivity index (χ1v) is 14.9. The lowest BCUT2D eigenvalue weighted by Gasteiger charge is -2.32. The summed E-state index contributed by atoms with van der Waals surface area (Å²) in [4.78, 5) is 38.3. The molecule has 0 unspecified atom stereocenters. The van der Waals surface area contributed by atoms with Crippen LogP contribution < -0.4 is 15.0 Å². The third-order valence-corrected chi connectivity index (χ3v) is 8.05. The minimum Gasteiger partial charge on any atom is -0.336 e. The van der Waals surface area contributed by atoms with Gasteiger partial charge in [-0.1, -0.05) is 45.0 Å². The van der Waals surface area contributed by atoms with Crippen molar-refractivity contribution in [2.24, 2.45) is 0 Å². The number of nitrogens with one attached hydrogen (secondary N) is 3. The Morgan fingerprint density at radius 2 is 1.59 bits per heavy atom. The van der Waals surface area contributed by atoms with Crippen molar-refractivity contribution in [3.05, 3.63) is 108 Å². The van der Waals surface area contributed by atoms with Crippen molar-refractivity contribution >= 4 is 34.7 Å². The van der Waals surface area contributed by atoms with Crippen molar-refractivity contribution in [2.45, 2.75) is 26.2 Å². The Labute approximate surface area is 257 Å². The summed E-state index contributed by atoms with van der Waals surface area (Å²) < 4.78 is 1.97. The van der Waals surface area contributed by atoms with Crippen molar-refractivity contribution in [3.8, 4) is 11.3 Å². The highest BCUT2D eigenvalue weighted by Gasteiger charge is 2.21. The van der Waals surface area contributed by atoms with Crippen LogP contribution in [0.2, 0.25) is 0 Å². The number of benzene rings is 3. The lowest BCUT2D eigenvalue weighted by atomic mass is 9.87. The summed E-state index contributed by atoms with van der Waals surface area (Å²) in [6.07, 6.45) is 5.72. The van der Waals surface area contributed by atoms with E-state index in [9.17, 15) is 9.59 Å². The number of amides is 2. The van der Waals surface area contributed by atoms with E-state index in [4.69, 9.17) is 4.98 Å². The summed E-state index contributed by atoms with van der Waals surface area (Å²) in [6, 6.07) is 22.9. The molecule has 1 fully saturated rings. The van der Waals surface area contributed by atoms with E-state index in [2.05, 4.69) is 48.3 Å². The number of rotatable bonds is 6. The van der Waals surface area contributed by atoms with Gasteiger partial charge in [0.25, 0.3) is 11.8 Å². The van der Waals surface area contributed by atoms with Gasteiger partial charge < -0.3 is 20.4 Å². The largest absolute Gasteiger partial charge is 0.336 e. The van der Waals surface area contributed by atoms with Crippen LogP contribution in [-0.4, -0.2) is 64.8 Å². The van der Waals surface area contributed by atoms with E-state index in [0.717, 1.165) is 48.8 Å². The van der Waals surface area contributed by atoms with Gasteiger partial charge in [0, 0.05) is 54.2 Å². The number of fused-ring (bicyclic) bond motifs is 1. The molecule has 1 aliphatic rings. The van der Waals surface area contributed by atoms with Crippen molar-refractivity contribution in [3.63, 3.8) is 0 Å². The first-order chi connectivity index (χ1) is 21.1. The average Bonchev–Trinajstić information content (AvgIpc) is 3.51. The number of anilines is 3. The monoisotopic (exact) mass is 588 g/mol. The maximum absolute atomic E-state index is 13.0. The van der Waals surface area contributed by atoms with Crippen molar-refractivity contribution in [1.29, 1.82) is 0 Å². The van der Waals surface area contributed by atoms with Crippen molar-refractivity contribution < 1.29 is 14.0 Å². The van der Waals surface area contributed by atoms with Gasteiger partial charge in [0.1, 0.15) is 24.3 Å². The molecule has 0 saturated carbocycles. The molecule has 224 valence electrons. The van der Waals surface area contributed by atoms with E-state index >= 15 is 0 Å². The fraction of sp³-hybridized carbons (Fsp3) is 0.257. The second-order valence-corrected chi connectivity index (χ2v) is 12.4. The maximum Gasteiger partial charge on any atom is 0.327 e. The maximum atomic E-state index is 13.0. The Morgan fingerprint density at radius 1 is 0.886 bits per heavy atom. The summed E-state index contributed by atoms with van der Waals surface area (Å²) in [5.41, 5.74) is 6.38. The quantitative estimate of drug-likeness (QED) is 0.228. The third kappa shape index (κ3) is 6.33. The molecule has 44 heavy (non-hydrogen) atoms. The molecule has 0 aliphatic carbocycles. The molecule has 0 spiro atoms. The lowest BCUT2D eigenvalue weighted by molar-refractivity contribution is -0.509. The van der Waals surface area contributed by atoms with E-state index in [1.165, 1.54) is 5.56 Å². The first kappa shape index (κ1) is 29.1. The molecule has 2 aromatic heterocycles. The topological polar surface area (TPSA) is 97.5 Å². The Bertz CT molecular complexity index is 1800. The molecule has 1 saturated heterocycles. The molecular weight excluding hydrogens is 550 g/mol. The molecule has 9 heteroatoms. The number of piperazine rings is 1. The van der Waals surface area contributed by atoms with Crippen LogP contribution in [0, 0.1) is 0 Å². The number of carbonyl (C=O) groups excluding carboxylic acids is 2. The van der Waals surface area contributed by atoms with Crippen LogP contribution in [0.1, 0.15) is 47.1 Å². The summed E-state index contributed by atoms with van der Waals surface area (Å²) in [5.74, 6) is 0.530. The predicted molar refractivity (Wildman–Crippen MR) is 173 cm³/mol. The number of carbonyl (C=O) groups is 2. The van der Waals surface area contributed by atoms with E-state index in [1.807, 2.05) is 101 Å². The SMILES string of the molecule is CN1CCN(C(=O)c2ccc(Nc3nc(-c4cccc(NC(=O)c5ccc(C(C)(C)C)cc5)c4)c[n+]4cc[nH]c34)cc2)CC1. The van der Waals surface area contributed by atoms with Crippen LogP contribution in [0.3, 0.4) is 0 Å². The molecule has 9 nitrogen and oxygen atoms in total. The van der Waals surface area contributed by atoms with Crippen LogP contribution in [0.25, 0.3) is 16.9 Å². The Morgan fingerprint density at radius 3 is 2.30 bits per heavy atom. The minimum atomic E-state index is -0.164. The zero-order valence-electron chi connectivity index (χ0n) is 25.6. The molecule has 5 aromatic rings. The molecule has 0 bridgehead atoms. The molecular formula is C35H38N7O2+. The Kier molecular flexibility index (Phi) is 7.88. The van der Waals surface area contributed by atoms with Crippen molar-refractivity contribution in [1.82, 2.24) is 19.8 Å². The zero-order valence-corrected chi connectivity index (χ0v) is 25.6. The van der Waals surface area contributed by atoms with E-state index < -0.39 is 0 Å². The van der Waals surface area contributed by atoms with Crippen LogP contribution >= 0.6 is 0 Å². The highest BCUT2D eigenvalue weighted by atomic mass is 16.2. The minimum absolute atomic E-state index is 0.0235.